The molecule has 2 aliphatic rings. The zero-order valence-corrected chi connectivity index (χ0v) is 39.6. The maximum absolute atomic E-state index is 14.8. The summed E-state index contributed by atoms with van der Waals surface area (Å²) in [6.07, 6.45) is 10.2. The first kappa shape index (κ1) is 47.9. The number of ether oxygens (including phenoxy) is 1. The third-order valence-electron chi connectivity index (χ3n) is 11.4. The molecule has 0 fully saturated rings. The van der Waals surface area contributed by atoms with Crippen molar-refractivity contribution in [3.63, 3.8) is 0 Å². The number of hydrogen-bond donors (Lipinski definition) is 0. The molecule has 1 spiro atoms. The van der Waals surface area contributed by atoms with E-state index in [1.807, 2.05) is 89.8 Å². The van der Waals surface area contributed by atoms with Gasteiger partial charge in [-0.05, 0) is 104 Å². The first-order chi connectivity index (χ1) is 31.9. The van der Waals surface area contributed by atoms with E-state index in [9.17, 15) is 4.79 Å². The molecule has 338 valence electrons. The SMILES string of the molecule is CCN(CC)c1ccc2c(c1)Oc1cc(C)ccc1[C@]21c2ccccc2C(=O)N1c1ccc(-c2cc(-c3ccccn3)nc(-c3ccccn3)c2)cc1.[C-]#Cc1ccccc1.[O-][Cl+3]([O-])([O-])[O-].[Pt]. The van der Waals surface area contributed by atoms with Gasteiger partial charge in [-0.15, -0.1) is 27.9 Å². The van der Waals surface area contributed by atoms with Crippen LogP contribution in [0.25, 0.3) is 33.9 Å². The van der Waals surface area contributed by atoms with Crippen molar-refractivity contribution >= 4 is 17.3 Å². The molecule has 1 atom stereocenters. The standard InChI is InChI=1S/C46H37N5O2.C8H5.ClHO4.Pt/c1-4-50(5-2)34-21-23-38-44(29-34)53-43-26-30(3)16-22-37(43)46(38)36-13-7-6-12-35(36)45(52)51(46)33-19-17-31(18-20-33)32-27-41(39-14-8-10-24-47-39)49-42(28-32)40-15-9-11-25-48-40;1-2-8-6-4-3-5-7-8;2-1(3,4)5;/h6-29H,4-5H2,1-3H3;3-7H;(H,2,3,4,5);/q;-1;;/p-1/t46-;;;/m1.../s1. The van der Waals surface area contributed by atoms with Crippen LogP contribution >= 0.6 is 0 Å². The monoisotopic (exact) mass is 1090 g/mol. The van der Waals surface area contributed by atoms with Gasteiger partial charge in [0.25, 0.3) is 5.91 Å². The second-order valence-corrected chi connectivity index (χ2v) is 16.1. The summed E-state index contributed by atoms with van der Waals surface area (Å²) in [5, 5.41) is 0. The molecule has 5 heterocycles. The molecule has 0 aliphatic carbocycles. The molecule has 10 rings (SSSR count). The Hall–Kier alpha value is -7.00. The summed E-state index contributed by atoms with van der Waals surface area (Å²) in [4.78, 5) is 33.2. The fraction of sp³-hybridized carbons (Fsp3) is 0.111. The average molecular weight is 1090 g/mol. The van der Waals surface area contributed by atoms with E-state index in [-0.39, 0.29) is 27.0 Å². The van der Waals surface area contributed by atoms with Gasteiger partial charge in [-0.2, -0.15) is 0 Å². The van der Waals surface area contributed by atoms with Crippen LogP contribution in [0.2, 0.25) is 0 Å². The van der Waals surface area contributed by atoms with Gasteiger partial charge in [-0.1, -0.05) is 78.9 Å². The maximum atomic E-state index is 14.8. The number of aryl methyl sites for hydroxylation is 1. The number of hydrogen-bond acceptors (Lipinski definition) is 10. The Kier molecular flexibility index (Phi) is 14.8. The zero-order chi connectivity index (χ0) is 46.4. The normalized spacial score (nSPS) is 14.1. The van der Waals surface area contributed by atoms with Crippen molar-refractivity contribution in [1.29, 1.82) is 0 Å². The van der Waals surface area contributed by atoms with E-state index in [0.717, 1.165) is 97.7 Å². The van der Waals surface area contributed by atoms with Crippen molar-refractivity contribution < 1.29 is 59.5 Å². The van der Waals surface area contributed by atoms with Gasteiger partial charge in [-0.25, -0.2) is 23.6 Å². The van der Waals surface area contributed by atoms with Crippen LogP contribution in [0.4, 0.5) is 11.4 Å². The van der Waals surface area contributed by atoms with Gasteiger partial charge in [0.05, 0.1) is 22.8 Å². The molecule has 0 radical (unpaired) electrons. The topological polar surface area (TPSA) is 164 Å². The Bertz CT molecular complexity index is 2970. The number of pyridine rings is 3. The largest absolute Gasteiger partial charge is 0.456 e. The molecule has 0 unspecified atom stereocenters. The second-order valence-electron chi connectivity index (χ2n) is 15.3. The van der Waals surface area contributed by atoms with Crippen molar-refractivity contribution in [3.8, 4) is 51.3 Å². The van der Waals surface area contributed by atoms with E-state index in [1.165, 1.54) is 0 Å². The summed E-state index contributed by atoms with van der Waals surface area (Å²) in [6, 6.07) is 54.1. The number of amides is 1. The summed E-state index contributed by atoms with van der Waals surface area (Å²) < 4.78 is 40.7. The number of aromatic nitrogens is 3. The number of carbonyl (C=O) groups is 1. The Morgan fingerprint density at radius 3 is 1.75 bits per heavy atom. The van der Waals surface area contributed by atoms with E-state index >= 15 is 0 Å². The van der Waals surface area contributed by atoms with Crippen LogP contribution in [0.15, 0.2) is 176 Å². The summed E-state index contributed by atoms with van der Waals surface area (Å²) in [5.74, 6) is 3.72. The van der Waals surface area contributed by atoms with Crippen LogP contribution in [0.3, 0.4) is 0 Å². The van der Waals surface area contributed by atoms with Crippen LogP contribution in [-0.4, -0.2) is 33.9 Å². The summed E-state index contributed by atoms with van der Waals surface area (Å²) in [6.45, 7) is 8.14. The predicted octanol–water partition coefficient (Wildman–Crippen LogP) is 6.95. The van der Waals surface area contributed by atoms with Gasteiger partial charge in [0.2, 0.25) is 0 Å². The molecule has 67 heavy (non-hydrogen) atoms. The van der Waals surface area contributed by atoms with Crippen molar-refractivity contribution in [1.82, 2.24) is 15.0 Å². The molecule has 5 aromatic carbocycles. The van der Waals surface area contributed by atoms with Gasteiger partial charge in [0, 0.05) is 86.2 Å². The number of anilines is 2. The third-order valence-corrected chi connectivity index (χ3v) is 11.4. The number of benzene rings is 5. The zero-order valence-electron chi connectivity index (χ0n) is 36.5. The maximum Gasteiger partial charge on any atom is 0.260 e. The van der Waals surface area contributed by atoms with E-state index in [0.29, 0.717) is 5.56 Å². The average Bonchev–Trinajstić information content (AvgIpc) is 3.60. The van der Waals surface area contributed by atoms with Crippen LogP contribution in [0.5, 0.6) is 11.5 Å². The van der Waals surface area contributed by atoms with Crippen LogP contribution in [0, 0.1) is 29.5 Å². The molecule has 1 amide bonds. The van der Waals surface area contributed by atoms with Crippen LogP contribution in [-0.2, 0) is 26.6 Å². The molecule has 3 aromatic heterocycles. The Morgan fingerprint density at radius 2 is 1.19 bits per heavy atom. The quantitative estimate of drug-likeness (QED) is 0.121. The fourth-order valence-electron chi connectivity index (χ4n) is 8.49. The van der Waals surface area contributed by atoms with E-state index < -0.39 is 15.8 Å². The number of nitrogens with zero attached hydrogens (tertiary/aromatic N) is 5. The Morgan fingerprint density at radius 1 is 0.642 bits per heavy atom. The Balaban J connectivity index is 0.000000416. The van der Waals surface area contributed by atoms with Crippen molar-refractivity contribution in [2.24, 2.45) is 0 Å². The smallest absolute Gasteiger partial charge is 0.260 e. The molecule has 8 aromatic rings. The summed E-state index contributed by atoms with van der Waals surface area (Å²) in [7, 11) is -4.94. The molecular weight excluding hydrogens is 1050 g/mol. The van der Waals surface area contributed by atoms with E-state index in [1.54, 1.807) is 12.4 Å². The molecule has 13 heteroatoms. The molecular formula is C54H42ClN5O6Pt-2. The second kappa shape index (κ2) is 20.7. The molecule has 0 N–H and O–H groups in total. The van der Waals surface area contributed by atoms with Gasteiger partial charge >= 0.3 is 0 Å². The molecule has 0 saturated carbocycles. The number of fused-ring (bicyclic) bond motifs is 6. The first-order valence-electron chi connectivity index (χ1n) is 21.1. The molecule has 11 nitrogen and oxygen atoms in total. The predicted molar refractivity (Wildman–Crippen MR) is 243 cm³/mol. The molecule has 2 aliphatic heterocycles. The molecule has 0 bridgehead atoms. The summed E-state index contributed by atoms with van der Waals surface area (Å²) in [5.41, 5.74) is 11.3. The van der Waals surface area contributed by atoms with E-state index in [2.05, 4.69) is 120 Å². The van der Waals surface area contributed by atoms with Crippen LogP contribution < -0.4 is 33.2 Å². The van der Waals surface area contributed by atoms with Crippen molar-refractivity contribution in [2.45, 2.75) is 26.3 Å². The van der Waals surface area contributed by atoms with Gasteiger partial charge in [-0.3, -0.25) is 25.6 Å². The van der Waals surface area contributed by atoms with E-state index in [4.69, 9.17) is 34.8 Å². The van der Waals surface area contributed by atoms with Crippen molar-refractivity contribution in [3.05, 3.63) is 216 Å². The number of rotatable bonds is 7. The Labute approximate surface area is 406 Å². The minimum absolute atomic E-state index is 0. The number of carbonyl (C=O) groups excluding carboxylic acids is 1. The number of halogens is 1. The first-order valence-corrected chi connectivity index (χ1v) is 22.3. The van der Waals surface area contributed by atoms with Gasteiger partial charge < -0.3 is 16.1 Å². The minimum Gasteiger partial charge on any atom is -0.456 e. The van der Waals surface area contributed by atoms with Crippen LogP contribution in [0.1, 0.15) is 52.0 Å². The third kappa shape index (κ3) is 10.1. The fourth-order valence-corrected chi connectivity index (χ4v) is 8.49. The summed E-state index contributed by atoms with van der Waals surface area (Å²) >= 11 is 0. The molecule has 0 saturated heterocycles. The van der Waals surface area contributed by atoms with Gasteiger partial charge in [0.15, 0.2) is 0 Å². The minimum atomic E-state index is -4.94. The van der Waals surface area contributed by atoms with Crippen molar-refractivity contribution in [2.75, 3.05) is 22.9 Å². The van der Waals surface area contributed by atoms with Gasteiger partial charge in [0.1, 0.15) is 17.0 Å².